The molecule has 0 aliphatic heterocycles. The van der Waals surface area contributed by atoms with Crippen LogP contribution in [0.1, 0.15) is 18.2 Å². The number of urea groups is 1. The van der Waals surface area contributed by atoms with Crippen LogP contribution in [0.25, 0.3) is 0 Å². The third-order valence-electron chi connectivity index (χ3n) is 3.01. The maximum atomic E-state index is 11.8. The first-order valence-electron chi connectivity index (χ1n) is 6.85. The summed E-state index contributed by atoms with van der Waals surface area (Å²) >= 11 is 0. The average molecular weight is 285 g/mol. The maximum Gasteiger partial charge on any atom is 0.315 e. The Morgan fingerprint density at radius 1 is 1.24 bits per heavy atom. The number of nitrogens with zero attached hydrogens (tertiary/aromatic N) is 1. The summed E-state index contributed by atoms with van der Waals surface area (Å²) in [5, 5.41) is 14.9. The fourth-order valence-corrected chi connectivity index (χ4v) is 1.98. The molecule has 5 heteroatoms. The van der Waals surface area contributed by atoms with Crippen LogP contribution in [-0.4, -0.2) is 22.2 Å². The summed E-state index contributed by atoms with van der Waals surface area (Å²) in [5.41, 5.74) is 1.88. The zero-order chi connectivity index (χ0) is 15.1. The van der Waals surface area contributed by atoms with Gasteiger partial charge in [0, 0.05) is 12.2 Å². The Hall–Kier alpha value is -2.56. The fourth-order valence-electron chi connectivity index (χ4n) is 1.98. The van der Waals surface area contributed by atoms with Gasteiger partial charge in [0.2, 0.25) is 0 Å². The first-order valence-corrected chi connectivity index (χ1v) is 6.85. The molecular formula is C16H19N3O2. The van der Waals surface area contributed by atoms with E-state index in [4.69, 9.17) is 0 Å². The monoisotopic (exact) mass is 285 g/mol. The van der Waals surface area contributed by atoms with Gasteiger partial charge in [0.25, 0.3) is 0 Å². The number of nitrogens with one attached hydrogen (secondary N) is 2. The molecule has 0 bridgehead atoms. The molecule has 5 nitrogen and oxygen atoms in total. The SMILES string of the molecule is C[C@H](Cc1ccc(O)cc1)NC(=O)NCc1ccccn1. The number of pyridine rings is 1. The van der Waals surface area contributed by atoms with Gasteiger partial charge in [-0.3, -0.25) is 4.98 Å². The van der Waals surface area contributed by atoms with E-state index in [2.05, 4.69) is 15.6 Å². The number of phenolic OH excluding ortho intramolecular Hbond substituents is 1. The van der Waals surface area contributed by atoms with E-state index in [0.717, 1.165) is 11.3 Å². The van der Waals surface area contributed by atoms with Gasteiger partial charge in [0.15, 0.2) is 0 Å². The Morgan fingerprint density at radius 2 is 2.00 bits per heavy atom. The van der Waals surface area contributed by atoms with Crippen LogP contribution in [0, 0.1) is 0 Å². The van der Waals surface area contributed by atoms with Gasteiger partial charge in [0.05, 0.1) is 12.2 Å². The Bertz CT molecular complexity index is 570. The lowest BCUT2D eigenvalue weighted by molar-refractivity contribution is 0.237. The second kappa shape index (κ2) is 7.28. The van der Waals surface area contributed by atoms with Gasteiger partial charge in [-0.2, -0.15) is 0 Å². The molecule has 1 heterocycles. The molecule has 0 aliphatic carbocycles. The summed E-state index contributed by atoms with van der Waals surface area (Å²) in [6.07, 6.45) is 2.40. The molecule has 2 amide bonds. The molecule has 3 N–H and O–H groups in total. The van der Waals surface area contributed by atoms with Crippen molar-refractivity contribution in [1.82, 2.24) is 15.6 Å². The molecule has 1 aromatic carbocycles. The van der Waals surface area contributed by atoms with E-state index in [1.165, 1.54) is 0 Å². The third kappa shape index (κ3) is 5.14. The Kier molecular flexibility index (Phi) is 5.15. The molecule has 0 fully saturated rings. The highest BCUT2D eigenvalue weighted by Gasteiger charge is 2.08. The van der Waals surface area contributed by atoms with Gasteiger partial charge < -0.3 is 15.7 Å². The van der Waals surface area contributed by atoms with Crippen molar-refractivity contribution in [3.63, 3.8) is 0 Å². The summed E-state index contributed by atoms with van der Waals surface area (Å²) in [6.45, 7) is 2.34. The minimum Gasteiger partial charge on any atom is -0.508 e. The number of carbonyl (C=O) groups excluding carboxylic acids is 1. The van der Waals surface area contributed by atoms with Crippen molar-refractivity contribution in [3.05, 3.63) is 59.9 Å². The third-order valence-corrected chi connectivity index (χ3v) is 3.01. The van der Waals surface area contributed by atoms with Crippen LogP contribution >= 0.6 is 0 Å². The minimum absolute atomic E-state index is 0.00160. The van der Waals surface area contributed by atoms with Gasteiger partial charge in [-0.1, -0.05) is 18.2 Å². The maximum absolute atomic E-state index is 11.8. The molecule has 0 saturated carbocycles. The quantitative estimate of drug-likeness (QED) is 0.788. The minimum atomic E-state index is -0.216. The number of aromatic hydroxyl groups is 1. The predicted octanol–water partition coefficient (Wildman–Crippen LogP) is 2.22. The van der Waals surface area contributed by atoms with E-state index < -0.39 is 0 Å². The molecule has 1 aromatic heterocycles. The molecule has 0 unspecified atom stereocenters. The fraction of sp³-hybridized carbons (Fsp3) is 0.250. The van der Waals surface area contributed by atoms with Crippen LogP contribution in [0.2, 0.25) is 0 Å². The Balaban J connectivity index is 1.75. The van der Waals surface area contributed by atoms with Gasteiger partial charge >= 0.3 is 6.03 Å². The van der Waals surface area contributed by atoms with E-state index >= 15 is 0 Å². The number of hydrogen-bond acceptors (Lipinski definition) is 3. The first kappa shape index (κ1) is 14.8. The van der Waals surface area contributed by atoms with Crippen molar-refractivity contribution < 1.29 is 9.90 Å². The van der Waals surface area contributed by atoms with Gasteiger partial charge in [-0.25, -0.2) is 4.79 Å². The number of amides is 2. The van der Waals surface area contributed by atoms with Crippen LogP contribution in [0.15, 0.2) is 48.7 Å². The summed E-state index contributed by atoms with van der Waals surface area (Å²) in [4.78, 5) is 15.9. The highest BCUT2D eigenvalue weighted by Crippen LogP contribution is 2.11. The largest absolute Gasteiger partial charge is 0.508 e. The van der Waals surface area contributed by atoms with Gasteiger partial charge in [-0.15, -0.1) is 0 Å². The molecule has 0 spiro atoms. The van der Waals surface area contributed by atoms with Gasteiger partial charge in [-0.05, 0) is 43.2 Å². The second-order valence-corrected chi connectivity index (χ2v) is 4.92. The van der Waals surface area contributed by atoms with E-state index in [0.29, 0.717) is 13.0 Å². The molecule has 21 heavy (non-hydrogen) atoms. The van der Waals surface area contributed by atoms with E-state index in [1.807, 2.05) is 37.3 Å². The van der Waals surface area contributed by atoms with Crippen LogP contribution < -0.4 is 10.6 Å². The summed E-state index contributed by atoms with van der Waals surface area (Å²) in [6, 6.07) is 12.3. The average Bonchev–Trinajstić information content (AvgIpc) is 2.48. The van der Waals surface area contributed by atoms with E-state index in [-0.39, 0.29) is 17.8 Å². The normalized spacial score (nSPS) is 11.7. The van der Waals surface area contributed by atoms with Gasteiger partial charge in [0.1, 0.15) is 5.75 Å². The number of aromatic nitrogens is 1. The number of rotatable bonds is 5. The van der Waals surface area contributed by atoms with Crippen molar-refractivity contribution in [1.29, 1.82) is 0 Å². The predicted molar refractivity (Wildman–Crippen MR) is 80.9 cm³/mol. The van der Waals surface area contributed by atoms with Crippen LogP contribution in [0.4, 0.5) is 4.79 Å². The Morgan fingerprint density at radius 3 is 2.67 bits per heavy atom. The van der Waals surface area contributed by atoms with E-state index in [1.54, 1.807) is 18.3 Å². The van der Waals surface area contributed by atoms with Crippen molar-refractivity contribution >= 4 is 6.03 Å². The lowest BCUT2D eigenvalue weighted by Gasteiger charge is -2.14. The summed E-state index contributed by atoms with van der Waals surface area (Å²) in [5.74, 6) is 0.243. The molecule has 110 valence electrons. The highest BCUT2D eigenvalue weighted by atomic mass is 16.3. The summed E-state index contributed by atoms with van der Waals surface area (Å²) in [7, 11) is 0. The zero-order valence-electron chi connectivity index (χ0n) is 11.9. The van der Waals surface area contributed by atoms with Crippen LogP contribution in [0.3, 0.4) is 0 Å². The lowest BCUT2D eigenvalue weighted by atomic mass is 10.1. The highest BCUT2D eigenvalue weighted by molar-refractivity contribution is 5.74. The lowest BCUT2D eigenvalue weighted by Crippen LogP contribution is -2.41. The molecule has 0 aliphatic rings. The molecular weight excluding hydrogens is 266 g/mol. The molecule has 0 radical (unpaired) electrons. The molecule has 1 atom stereocenters. The first-order chi connectivity index (χ1) is 10.1. The topological polar surface area (TPSA) is 74.2 Å². The zero-order valence-corrected chi connectivity index (χ0v) is 11.9. The second-order valence-electron chi connectivity index (χ2n) is 4.92. The number of hydrogen-bond donors (Lipinski definition) is 3. The van der Waals surface area contributed by atoms with Crippen molar-refractivity contribution in [2.45, 2.75) is 25.9 Å². The standard InChI is InChI=1S/C16H19N3O2/c1-12(10-13-5-7-15(20)8-6-13)19-16(21)18-11-14-4-2-3-9-17-14/h2-9,12,20H,10-11H2,1H3,(H2,18,19,21)/t12-/m1/s1. The van der Waals surface area contributed by atoms with Crippen molar-refractivity contribution in [2.24, 2.45) is 0 Å². The van der Waals surface area contributed by atoms with Crippen LogP contribution in [0.5, 0.6) is 5.75 Å². The molecule has 2 rings (SSSR count). The molecule has 0 saturated heterocycles. The summed E-state index contributed by atoms with van der Waals surface area (Å²) < 4.78 is 0. The Labute approximate surface area is 124 Å². The van der Waals surface area contributed by atoms with Crippen LogP contribution in [-0.2, 0) is 13.0 Å². The molecule has 2 aromatic rings. The van der Waals surface area contributed by atoms with E-state index in [9.17, 15) is 9.90 Å². The smallest absolute Gasteiger partial charge is 0.315 e. The number of phenols is 1. The number of carbonyl (C=O) groups is 1. The number of benzene rings is 1. The van der Waals surface area contributed by atoms with Crippen molar-refractivity contribution in [2.75, 3.05) is 0 Å². The van der Waals surface area contributed by atoms with Crippen molar-refractivity contribution in [3.8, 4) is 5.75 Å².